The van der Waals surface area contributed by atoms with Crippen molar-refractivity contribution in [2.24, 2.45) is 11.8 Å². The maximum atomic E-state index is 10.3. The second kappa shape index (κ2) is 11.0. The molecule has 1 rings (SSSR count). The van der Waals surface area contributed by atoms with E-state index in [1.165, 1.54) is 31.3 Å². The van der Waals surface area contributed by atoms with E-state index in [4.69, 9.17) is 4.43 Å². The van der Waals surface area contributed by atoms with Crippen molar-refractivity contribution >= 4 is 8.32 Å². The van der Waals surface area contributed by atoms with Gasteiger partial charge in [-0.3, -0.25) is 0 Å². The first kappa shape index (κ1) is 24.7. The minimum atomic E-state index is -1.79. The Morgan fingerprint density at radius 1 is 1.30 bits per heavy atom. The topological polar surface area (TPSA) is 29.5 Å². The van der Waals surface area contributed by atoms with E-state index in [0.29, 0.717) is 12.0 Å². The summed E-state index contributed by atoms with van der Waals surface area (Å²) in [5, 5.41) is 10.5. The molecule has 0 aromatic carbocycles. The number of hydrogen-bond acceptors (Lipinski definition) is 2. The van der Waals surface area contributed by atoms with Crippen LogP contribution in [0.15, 0.2) is 24.3 Å². The van der Waals surface area contributed by atoms with Crippen LogP contribution in [-0.4, -0.2) is 25.6 Å². The summed E-state index contributed by atoms with van der Waals surface area (Å²) in [7, 11) is -1.79. The van der Waals surface area contributed by atoms with Gasteiger partial charge in [0.1, 0.15) is 0 Å². The highest BCUT2D eigenvalue weighted by Crippen LogP contribution is 2.40. The Morgan fingerprint density at radius 2 is 1.96 bits per heavy atom. The highest BCUT2D eigenvalue weighted by Gasteiger charge is 2.40. The number of aliphatic hydroxyl groups is 1. The molecule has 0 heterocycles. The van der Waals surface area contributed by atoms with Gasteiger partial charge in [0.25, 0.3) is 0 Å². The van der Waals surface area contributed by atoms with Crippen LogP contribution in [0.4, 0.5) is 0 Å². The lowest BCUT2D eigenvalue weighted by atomic mass is 9.88. The van der Waals surface area contributed by atoms with Gasteiger partial charge in [-0.2, -0.15) is 0 Å². The second-order valence-electron chi connectivity index (χ2n) is 10.1. The smallest absolute Gasteiger partial charge is 0.192 e. The van der Waals surface area contributed by atoms with Gasteiger partial charge < -0.3 is 9.53 Å². The van der Waals surface area contributed by atoms with Crippen molar-refractivity contribution in [3.8, 4) is 0 Å². The number of rotatable bonds is 12. The maximum Gasteiger partial charge on any atom is 0.192 e. The van der Waals surface area contributed by atoms with Gasteiger partial charge in [0.2, 0.25) is 0 Å². The lowest BCUT2D eigenvalue weighted by Crippen LogP contribution is -2.45. The highest BCUT2D eigenvalue weighted by molar-refractivity contribution is 6.74. The van der Waals surface area contributed by atoms with E-state index >= 15 is 0 Å². The molecule has 0 fully saturated rings. The average molecular weight is 395 g/mol. The van der Waals surface area contributed by atoms with Crippen molar-refractivity contribution in [1.82, 2.24) is 0 Å². The predicted octanol–water partition coefficient (Wildman–Crippen LogP) is 7.26. The van der Waals surface area contributed by atoms with Crippen LogP contribution in [0.1, 0.15) is 86.0 Å². The Morgan fingerprint density at radius 3 is 2.52 bits per heavy atom. The molecule has 0 spiro atoms. The van der Waals surface area contributed by atoms with Crippen molar-refractivity contribution in [3.63, 3.8) is 0 Å². The van der Waals surface area contributed by atoms with Crippen molar-refractivity contribution in [2.75, 3.05) is 0 Å². The largest absolute Gasteiger partial charge is 0.414 e. The zero-order chi connectivity index (χ0) is 20.7. The molecule has 0 aliphatic heterocycles. The highest BCUT2D eigenvalue weighted by atomic mass is 28.4. The molecule has 0 aromatic heterocycles. The zero-order valence-electron chi connectivity index (χ0n) is 19.2. The standard InChI is InChI=1S/C24H46O2Si/c1-9-11-12-14-19(3)23(26-27(7,8)24(4,5)6)18-16-20-15-17-22(25)21(20)13-10-2/h10,15,19,21-23,25H,2,9,11-14,16-18H2,1,3-8H3/t19?,21-,22+,23+/m1/s1. The van der Waals surface area contributed by atoms with E-state index in [0.717, 1.165) is 25.7 Å². The van der Waals surface area contributed by atoms with Crippen LogP contribution in [0.25, 0.3) is 0 Å². The molecule has 0 aromatic rings. The van der Waals surface area contributed by atoms with E-state index < -0.39 is 8.32 Å². The molecule has 158 valence electrons. The molecule has 0 saturated carbocycles. The summed E-state index contributed by atoms with van der Waals surface area (Å²) in [6, 6.07) is 0. The van der Waals surface area contributed by atoms with Crippen LogP contribution in [0, 0.1) is 11.8 Å². The summed E-state index contributed by atoms with van der Waals surface area (Å²) >= 11 is 0. The summed E-state index contributed by atoms with van der Waals surface area (Å²) in [5.41, 5.74) is 1.42. The Labute approximate surface area is 170 Å². The van der Waals surface area contributed by atoms with Crippen LogP contribution in [0.3, 0.4) is 0 Å². The van der Waals surface area contributed by atoms with Gasteiger partial charge in [0.15, 0.2) is 8.32 Å². The van der Waals surface area contributed by atoms with Gasteiger partial charge in [-0.05, 0) is 56.2 Å². The molecule has 1 unspecified atom stereocenters. The van der Waals surface area contributed by atoms with E-state index in [-0.39, 0.29) is 17.1 Å². The average Bonchev–Trinajstić information content (AvgIpc) is 2.91. The van der Waals surface area contributed by atoms with E-state index in [2.05, 4.69) is 60.4 Å². The van der Waals surface area contributed by atoms with Crippen molar-refractivity contribution in [1.29, 1.82) is 0 Å². The first-order chi connectivity index (χ1) is 12.5. The number of aliphatic hydroxyl groups excluding tert-OH is 1. The third-order valence-electron chi connectivity index (χ3n) is 6.85. The van der Waals surface area contributed by atoms with Gasteiger partial charge in [-0.15, -0.1) is 6.58 Å². The molecule has 3 heteroatoms. The van der Waals surface area contributed by atoms with Crippen LogP contribution in [0.2, 0.25) is 18.1 Å². The lowest BCUT2D eigenvalue weighted by Gasteiger charge is -2.41. The van der Waals surface area contributed by atoms with Gasteiger partial charge in [0, 0.05) is 12.0 Å². The van der Waals surface area contributed by atoms with Crippen molar-refractivity contribution in [2.45, 2.75) is 116 Å². The quantitative estimate of drug-likeness (QED) is 0.214. The van der Waals surface area contributed by atoms with Gasteiger partial charge in [-0.1, -0.05) is 71.6 Å². The van der Waals surface area contributed by atoms with Crippen LogP contribution in [0.5, 0.6) is 0 Å². The summed E-state index contributed by atoms with van der Waals surface area (Å²) in [5.74, 6) is 0.863. The van der Waals surface area contributed by atoms with Crippen molar-refractivity contribution < 1.29 is 9.53 Å². The molecule has 0 radical (unpaired) electrons. The first-order valence-corrected chi connectivity index (χ1v) is 14.1. The van der Waals surface area contributed by atoms with Crippen LogP contribution in [-0.2, 0) is 4.43 Å². The Hall–Kier alpha value is -0.383. The summed E-state index contributed by atoms with van der Waals surface area (Å²) in [6.07, 6.45) is 13.3. The first-order valence-electron chi connectivity index (χ1n) is 11.2. The number of unbranched alkanes of at least 4 members (excludes halogenated alkanes) is 2. The Balaban J connectivity index is 2.80. The molecule has 1 N–H and O–H groups in total. The minimum Gasteiger partial charge on any atom is -0.414 e. The van der Waals surface area contributed by atoms with Crippen LogP contribution >= 0.6 is 0 Å². The monoisotopic (exact) mass is 394 g/mol. The molecular weight excluding hydrogens is 348 g/mol. The summed E-state index contributed by atoms with van der Waals surface area (Å²) in [6.45, 7) is 20.3. The fourth-order valence-electron chi connectivity index (χ4n) is 3.84. The minimum absolute atomic E-state index is 0.222. The Kier molecular flexibility index (Phi) is 10.0. The fraction of sp³-hybridized carbons (Fsp3) is 0.833. The Bertz CT molecular complexity index is 475. The molecule has 0 amide bonds. The molecule has 2 nitrogen and oxygen atoms in total. The van der Waals surface area contributed by atoms with Gasteiger partial charge >= 0.3 is 0 Å². The van der Waals surface area contributed by atoms with Gasteiger partial charge in [0.05, 0.1) is 6.10 Å². The molecular formula is C24H46O2Si. The fourth-order valence-corrected chi connectivity index (χ4v) is 5.30. The molecule has 1 aliphatic rings. The normalized spacial score (nSPS) is 23.2. The number of allylic oxidation sites excluding steroid dienone is 1. The summed E-state index contributed by atoms with van der Waals surface area (Å²) < 4.78 is 6.91. The predicted molar refractivity (Wildman–Crippen MR) is 122 cm³/mol. The molecule has 4 atom stereocenters. The van der Waals surface area contributed by atoms with E-state index in [1.807, 2.05) is 6.08 Å². The van der Waals surface area contributed by atoms with E-state index in [1.54, 1.807) is 0 Å². The zero-order valence-corrected chi connectivity index (χ0v) is 20.2. The van der Waals surface area contributed by atoms with Crippen molar-refractivity contribution in [3.05, 3.63) is 24.3 Å². The second-order valence-corrected chi connectivity index (χ2v) is 14.9. The van der Waals surface area contributed by atoms with Gasteiger partial charge in [-0.25, -0.2) is 0 Å². The molecule has 27 heavy (non-hydrogen) atoms. The number of hydrogen-bond donors (Lipinski definition) is 1. The summed E-state index contributed by atoms with van der Waals surface area (Å²) in [4.78, 5) is 0. The third kappa shape index (κ3) is 7.51. The molecule has 0 bridgehead atoms. The molecule has 0 saturated heterocycles. The lowest BCUT2D eigenvalue weighted by molar-refractivity contribution is 0.107. The molecule has 1 aliphatic carbocycles. The maximum absolute atomic E-state index is 10.3. The van der Waals surface area contributed by atoms with Crippen LogP contribution < -0.4 is 0 Å². The van der Waals surface area contributed by atoms with E-state index in [9.17, 15) is 5.11 Å². The SMILES string of the molecule is C=CC[C@@H]1C(CC[C@H](O[Si](C)(C)C(C)(C)C)C(C)CCCCC)=CC[C@@H]1O. The third-order valence-corrected chi connectivity index (χ3v) is 11.4.